The minimum atomic E-state index is 0.714. The third-order valence-electron chi connectivity index (χ3n) is 5.34. The molecule has 1 unspecified atom stereocenters. The first-order valence-electron chi connectivity index (χ1n) is 8.24. The van der Waals surface area contributed by atoms with Crippen LogP contribution < -0.4 is 5.32 Å². The highest BCUT2D eigenvalue weighted by Gasteiger charge is 2.32. The van der Waals surface area contributed by atoms with Gasteiger partial charge in [-0.2, -0.15) is 0 Å². The van der Waals surface area contributed by atoms with Crippen LogP contribution in [0.5, 0.6) is 0 Å². The minimum absolute atomic E-state index is 0.714. The molecule has 1 aromatic carbocycles. The molecule has 2 aliphatic carbocycles. The Morgan fingerprint density at radius 3 is 2.35 bits per heavy atom. The summed E-state index contributed by atoms with van der Waals surface area (Å²) in [5.41, 5.74) is 1.51. The quantitative estimate of drug-likeness (QED) is 0.791. The predicted molar refractivity (Wildman–Crippen MR) is 89.1 cm³/mol. The van der Waals surface area contributed by atoms with E-state index in [0.717, 1.165) is 17.9 Å². The van der Waals surface area contributed by atoms with Gasteiger partial charge in [-0.15, -0.1) is 0 Å². The highest BCUT2D eigenvalue weighted by molar-refractivity contribution is 9.10. The van der Waals surface area contributed by atoms with Crippen LogP contribution in [-0.2, 0) is 0 Å². The van der Waals surface area contributed by atoms with Crippen LogP contribution in [0.3, 0.4) is 0 Å². The molecule has 0 amide bonds. The molecule has 1 N–H and O–H groups in total. The molecular formula is C18H26BrN. The Hall–Kier alpha value is -0.340. The van der Waals surface area contributed by atoms with Crippen molar-refractivity contribution in [3.63, 3.8) is 0 Å². The molecule has 20 heavy (non-hydrogen) atoms. The molecule has 3 rings (SSSR count). The Morgan fingerprint density at radius 1 is 1.05 bits per heavy atom. The van der Waals surface area contributed by atoms with E-state index in [0.29, 0.717) is 6.04 Å². The van der Waals surface area contributed by atoms with Gasteiger partial charge in [-0.05, 0) is 62.1 Å². The fourth-order valence-corrected chi connectivity index (χ4v) is 4.17. The van der Waals surface area contributed by atoms with E-state index in [2.05, 4.69) is 52.4 Å². The van der Waals surface area contributed by atoms with Crippen LogP contribution >= 0.6 is 15.9 Å². The van der Waals surface area contributed by atoms with Crippen LogP contribution in [0.25, 0.3) is 0 Å². The monoisotopic (exact) mass is 335 g/mol. The molecular weight excluding hydrogens is 310 g/mol. The summed E-state index contributed by atoms with van der Waals surface area (Å²) < 4.78 is 1.18. The maximum atomic E-state index is 3.89. The summed E-state index contributed by atoms with van der Waals surface area (Å²) in [6, 6.07) is 10.3. The SMILES string of the molecule is CC(NC1CC(c2ccc(Br)cc2)C1)C1CCCCC1. The Kier molecular flexibility index (Phi) is 4.83. The van der Waals surface area contributed by atoms with E-state index in [9.17, 15) is 0 Å². The molecule has 110 valence electrons. The number of halogens is 1. The summed E-state index contributed by atoms with van der Waals surface area (Å²) in [6.07, 6.45) is 9.87. The van der Waals surface area contributed by atoms with Gasteiger partial charge in [-0.1, -0.05) is 47.3 Å². The van der Waals surface area contributed by atoms with Crippen molar-refractivity contribution in [3.8, 4) is 0 Å². The topological polar surface area (TPSA) is 12.0 Å². The van der Waals surface area contributed by atoms with E-state index in [-0.39, 0.29) is 0 Å². The second kappa shape index (κ2) is 6.62. The normalized spacial score (nSPS) is 28.9. The lowest BCUT2D eigenvalue weighted by Gasteiger charge is -2.40. The summed E-state index contributed by atoms with van der Waals surface area (Å²) in [4.78, 5) is 0. The van der Waals surface area contributed by atoms with Gasteiger partial charge in [0.25, 0.3) is 0 Å². The van der Waals surface area contributed by atoms with Crippen LogP contribution in [0.1, 0.15) is 63.4 Å². The van der Waals surface area contributed by atoms with Crippen molar-refractivity contribution in [3.05, 3.63) is 34.3 Å². The molecule has 0 radical (unpaired) electrons. The van der Waals surface area contributed by atoms with Crippen molar-refractivity contribution < 1.29 is 0 Å². The molecule has 2 aliphatic rings. The molecule has 0 spiro atoms. The van der Waals surface area contributed by atoms with E-state index in [4.69, 9.17) is 0 Å². The van der Waals surface area contributed by atoms with Crippen molar-refractivity contribution in [2.45, 2.75) is 69.9 Å². The number of hydrogen-bond acceptors (Lipinski definition) is 1. The Bertz CT molecular complexity index is 416. The van der Waals surface area contributed by atoms with E-state index in [1.807, 2.05) is 0 Å². The molecule has 1 atom stereocenters. The van der Waals surface area contributed by atoms with Gasteiger partial charge in [0.15, 0.2) is 0 Å². The Balaban J connectivity index is 1.44. The van der Waals surface area contributed by atoms with Crippen molar-refractivity contribution in [1.82, 2.24) is 5.32 Å². The van der Waals surface area contributed by atoms with Gasteiger partial charge in [0.1, 0.15) is 0 Å². The van der Waals surface area contributed by atoms with E-state index < -0.39 is 0 Å². The van der Waals surface area contributed by atoms with Gasteiger partial charge in [-0.25, -0.2) is 0 Å². The molecule has 2 fully saturated rings. The number of rotatable bonds is 4. The van der Waals surface area contributed by atoms with E-state index in [1.54, 1.807) is 0 Å². The van der Waals surface area contributed by atoms with Gasteiger partial charge < -0.3 is 5.32 Å². The smallest absolute Gasteiger partial charge is 0.0175 e. The zero-order chi connectivity index (χ0) is 13.9. The Labute approximate surface area is 131 Å². The molecule has 1 nitrogen and oxygen atoms in total. The lowest BCUT2D eigenvalue weighted by Crippen LogP contribution is -2.47. The maximum absolute atomic E-state index is 3.89. The van der Waals surface area contributed by atoms with Gasteiger partial charge in [0, 0.05) is 16.6 Å². The number of hydrogen-bond donors (Lipinski definition) is 1. The predicted octanol–water partition coefficient (Wildman–Crippen LogP) is 5.25. The second-order valence-electron chi connectivity index (χ2n) is 6.77. The molecule has 2 heteroatoms. The zero-order valence-electron chi connectivity index (χ0n) is 12.4. The average Bonchev–Trinajstić information content (AvgIpc) is 2.44. The van der Waals surface area contributed by atoms with E-state index in [1.165, 1.54) is 55.0 Å². The maximum Gasteiger partial charge on any atom is 0.0175 e. The molecule has 0 heterocycles. The van der Waals surface area contributed by atoms with Gasteiger partial charge in [0.05, 0.1) is 0 Å². The fraction of sp³-hybridized carbons (Fsp3) is 0.667. The van der Waals surface area contributed by atoms with Crippen molar-refractivity contribution in [2.75, 3.05) is 0 Å². The molecule has 2 saturated carbocycles. The lowest BCUT2D eigenvalue weighted by molar-refractivity contribution is 0.211. The second-order valence-corrected chi connectivity index (χ2v) is 7.69. The summed E-state index contributed by atoms with van der Waals surface area (Å²) in [6.45, 7) is 2.41. The van der Waals surface area contributed by atoms with Gasteiger partial charge in [-0.3, -0.25) is 0 Å². The van der Waals surface area contributed by atoms with Crippen LogP contribution in [0, 0.1) is 5.92 Å². The van der Waals surface area contributed by atoms with Crippen molar-refractivity contribution in [2.24, 2.45) is 5.92 Å². The van der Waals surface area contributed by atoms with Crippen molar-refractivity contribution >= 4 is 15.9 Å². The molecule has 0 aliphatic heterocycles. The number of nitrogens with one attached hydrogen (secondary N) is 1. The van der Waals surface area contributed by atoms with E-state index >= 15 is 0 Å². The first-order valence-corrected chi connectivity index (χ1v) is 9.03. The van der Waals surface area contributed by atoms with Gasteiger partial charge in [0.2, 0.25) is 0 Å². The highest BCUT2D eigenvalue weighted by Crippen LogP contribution is 2.38. The summed E-state index contributed by atoms with van der Waals surface area (Å²) in [5.74, 6) is 1.70. The zero-order valence-corrected chi connectivity index (χ0v) is 14.0. The third kappa shape index (κ3) is 3.46. The minimum Gasteiger partial charge on any atom is -0.311 e. The lowest BCUT2D eigenvalue weighted by atomic mass is 9.75. The molecule has 1 aromatic rings. The summed E-state index contributed by atoms with van der Waals surface area (Å²) >= 11 is 3.51. The highest BCUT2D eigenvalue weighted by atomic mass is 79.9. The van der Waals surface area contributed by atoms with Crippen LogP contribution in [0.2, 0.25) is 0 Å². The van der Waals surface area contributed by atoms with Crippen molar-refractivity contribution in [1.29, 1.82) is 0 Å². The summed E-state index contributed by atoms with van der Waals surface area (Å²) in [5, 5.41) is 3.89. The van der Waals surface area contributed by atoms with Crippen LogP contribution in [0.4, 0.5) is 0 Å². The molecule has 0 bridgehead atoms. The average molecular weight is 336 g/mol. The number of benzene rings is 1. The van der Waals surface area contributed by atoms with Gasteiger partial charge >= 0.3 is 0 Å². The third-order valence-corrected chi connectivity index (χ3v) is 5.86. The summed E-state index contributed by atoms with van der Waals surface area (Å²) in [7, 11) is 0. The van der Waals surface area contributed by atoms with Crippen LogP contribution in [0.15, 0.2) is 28.7 Å². The first-order chi connectivity index (χ1) is 9.72. The largest absolute Gasteiger partial charge is 0.311 e. The first kappa shape index (κ1) is 14.6. The van der Waals surface area contributed by atoms with Crippen LogP contribution in [-0.4, -0.2) is 12.1 Å². The standard InChI is InChI=1S/C18H26BrN/c1-13(14-5-3-2-4-6-14)20-18-11-16(12-18)15-7-9-17(19)10-8-15/h7-10,13-14,16,18,20H,2-6,11-12H2,1H3. The Morgan fingerprint density at radius 2 is 1.70 bits per heavy atom. The fourth-order valence-electron chi connectivity index (χ4n) is 3.90. The molecule has 0 aromatic heterocycles. The molecule has 0 saturated heterocycles.